The first-order valence-corrected chi connectivity index (χ1v) is 17.2. The van der Waals surface area contributed by atoms with Crippen molar-refractivity contribution in [2.45, 2.75) is 57.8 Å². The molecule has 7 rings (SSSR count). The number of carbonyl (C=O) groups is 2. The van der Waals surface area contributed by atoms with Crippen LogP contribution in [0.1, 0.15) is 84.3 Å². The van der Waals surface area contributed by atoms with Gasteiger partial charge in [-0.15, -0.1) is 11.3 Å². The number of carboxylic acid groups (broad SMARTS) is 1. The number of aliphatic carboxylic acids is 1. The van der Waals surface area contributed by atoms with Crippen LogP contribution in [-0.2, 0) is 10.2 Å². The highest BCUT2D eigenvalue weighted by molar-refractivity contribution is 7.16. The molecule has 0 bridgehead atoms. The first-order valence-electron chi connectivity index (χ1n) is 16.4. The molecule has 0 saturated heterocycles. The molecule has 2 aliphatic carbocycles. The van der Waals surface area contributed by atoms with Crippen LogP contribution in [0.15, 0.2) is 96.6 Å². The van der Waals surface area contributed by atoms with Gasteiger partial charge < -0.3 is 5.11 Å². The zero-order valence-electron chi connectivity index (χ0n) is 26.6. The van der Waals surface area contributed by atoms with Crippen molar-refractivity contribution in [3.63, 3.8) is 0 Å². The molecular formula is C42H35NO3S. The van der Waals surface area contributed by atoms with Gasteiger partial charge in [0.05, 0.1) is 0 Å². The molecule has 5 aromatic rings. The molecule has 0 radical (unpaired) electrons. The van der Waals surface area contributed by atoms with Crippen LogP contribution in [0.4, 0.5) is 0 Å². The molecule has 1 N–H and O–H groups in total. The Labute approximate surface area is 279 Å². The maximum Gasteiger partial charge on any atom is 0.346 e. The lowest BCUT2D eigenvalue weighted by Crippen LogP contribution is -2.25. The zero-order valence-corrected chi connectivity index (χ0v) is 27.4. The average Bonchev–Trinajstić information content (AvgIpc) is 3.76. The van der Waals surface area contributed by atoms with Gasteiger partial charge in [0.15, 0.2) is 5.78 Å². The van der Waals surface area contributed by atoms with Crippen LogP contribution in [0.3, 0.4) is 0 Å². The number of rotatable bonds is 10. The number of hydrogen-bond donors (Lipinski definition) is 1. The number of nitrogens with zero attached hydrogens (tertiary/aromatic N) is 1. The number of carboxylic acids is 1. The van der Waals surface area contributed by atoms with E-state index in [1.807, 2.05) is 24.3 Å². The predicted octanol–water partition coefficient (Wildman–Crippen LogP) is 10.9. The average molecular weight is 634 g/mol. The van der Waals surface area contributed by atoms with Crippen molar-refractivity contribution in [1.82, 2.24) is 0 Å². The van der Waals surface area contributed by atoms with Gasteiger partial charge in [-0.05, 0) is 99.3 Å². The summed E-state index contributed by atoms with van der Waals surface area (Å²) in [5.74, 6) is -1.23. The van der Waals surface area contributed by atoms with E-state index in [0.717, 1.165) is 63.9 Å². The number of nitriles is 1. The lowest BCUT2D eigenvalue weighted by atomic mass is 9.70. The normalized spacial score (nSPS) is 13.9. The second kappa shape index (κ2) is 12.3. The Morgan fingerprint density at radius 1 is 0.745 bits per heavy atom. The molecule has 0 unspecified atom stereocenters. The molecule has 0 aliphatic heterocycles. The van der Waals surface area contributed by atoms with Crippen molar-refractivity contribution in [2.75, 3.05) is 0 Å². The summed E-state index contributed by atoms with van der Waals surface area (Å²) in [6.07, 6.45) is 8.35. The zero-order chi connectivity index (χ0) is 32.7. The molecule has 4 nitrogen and oxygen atoms in total. The van der Waals surface area contributed by atoms with Crippen LogP contribution >= 0.6 is 11.3 Å². The molecule has 0 amide bonds. The summed E-state index contributed by atoms with van der Waals surface area (Å²) in [6, 6.07) is 33.5. The minimum atomic E-state index is -1.25. The maximum absolute atomic E-state index is 13.9. The Morgan fingerprint density at radius 2 is 1.34 bits per heavy atom. The number of unbranched alkanes of at least 4 members (excludes halogenated alkanes) is 2. The Hall–Kier alpha value is -5.05. The lowest BCUT2D eigenvalue weighted by Gasteiger charge is -2.33. The molecule has 0 spiro atoms. The molecule has 0 fully saturated rings. The fourth-order valence-electron chi connectivity index (χ4n) is 7.54. The molecular weight excluding hydrogens is 599 g/mol. The van der Waals surface area contributed by atoms with Gasteiger partial charge >= 0.3 is 5.97 Å². The molecule has 4 aromatic carbocycles. The summed E-state index contributed by atoms with van der Waals surface area (Å²) in [5, 5.41) is 18.3. The quantitative estimate of drug-likeness (QED) is 0.120. The van der Waals surface area contributed by atoms with Crippen molar-refractivity contribution in [1.29, 1.82) is 5.26 Å². The smallest absolute Gasteiger partial charge is 0.346 e. The first kappa shape index (κ1) is 30.6. The molecule has 1 heterocycles. The molecule has 1 aromatic heterocycles. The Morgan fingerprint density at radius 3 is 2.00 bits per heavy atom. The highest BCUT2D eigenvalue weighted by atomic mass is 32.1. The highest BCUT2D eigenvalue weighted by Crippen LogP contribution is 2.55. The van der Waals surface area contributed by atoms with E-state index in [4.69, 9.17) is 5.26 Å². The molecule has 0 atom stereocenters. The fraction of sp³-hybridized carbons (Fsp3) is 0.214. The van der Waals surface area contributed by atoms with Crippen molar-refractivity contribution in [3.8, 4) is 49.9 Å². The van der Waals surface area contributed by atoms with Crippen LogP contribution in [0.5, 0.6) is 0 Å². The third-order valence-corrected chi connectivity index (χ3v) is 11.0. The van der Waals surface area contributed by atoms with Gasteiger partial charge in [0.2, 0.25) is 0 Å². The van der Waals surface area contributed by atoms with Crippen molar-refractivity contribution in [3.05, 3.63) is 124 Å². The largest absolute Gasteiger partial charge is 0.477 e. The van der Waals surface area contributed by atoms with Gasteiger partial charge in [-0.1, -0.05) is 100 Å². The summed E-state index contributed by atoms with van der Waals surface area (Å²) in [7, 11) is 0. The van der Waals surface area contributed by atoms with Crippen LogP contribution in [0, 0.1) is 11.3 Å². The third-order valence-electron chi connectivity index (χ3n) is 9.88. The lowest BCUT2D eigenvalue weighted by molar-refractivity contribution is -0.132. The summed E-state index contributed by atoms with van der Waals surface area (Å²) < 4.78 is 0. The number of thiophene rings is 1. The fourth-order valence-corrected chi connectivity index (χ4v) is 8.48. The second-order valence-corrected chi connectivity index (χ2v) is 13.7. The van der Waals surface area contributed by atoms with E-state index >= 15 is 0 Å². The van der Waals surface area contributed by atoms with Crippen LogP contribution in [0.25, 0.3) is 49.9 Å². The topological polar surface area (TPSA) is 78.2 Å². The van der Waals surface area contributed by atoms with Crippen LogP contribution < -0.4 is 0 Å². The van der Waals surface area contributed by atoms with E-state index in [2.05, 4.69) is 74.5 Å². The van der Waals surface area contributed by atoms with E-state index in [0.29, 0.717) is 10.4 Å². The summed E-state index contributed by atoms with van der Waals surface area (Å²) in [6.45, 7) is 4.55. The van der Waals surface area contributed by atoms with Gasteiger partial charge in [-0.3, -0.25) is 4.79 Å². The van der Waals surface area contributed by atoms with E-state index in [-0.39, 0.29) is 16.8 Å². The number of benzene rings is 4. The Bertz CT molecular complexity index is 2140. The summed E-state index contributed by atoms with van der Waals surface area (Å²) in [4.78, 5) is 26.7. The van der Waals surface area contributed by atoms with Crippen LogP contribution in [-0.4, -0.2) is 16.9 Å². The van der Waals surface area contributed by atoms with Crippen molar-refractivity contribution >= 4 is 29.2 Å². The van der Waals surface area contributed by atoms with Crippen molar-refractivity contribution < 1.29 is 14.7 Å². The van der Waals surface area contributed by atoms with E-state index in [1.165, 1.54) is 52.5 Å². The molecule has 2 aliphatic rings. The van der Waals surface area contributed by atoms with E-state index in [1.54, 1.807) is 12.1 Å². The summed E-state index contributed by atoms with van der Waals surface area (Å²) in [5.41, 5.74) is 11.6. The number of fused-ring (bicyclic) bond motifs is 6. The Balaban J connectivity index is 1.24. The van der Waals surface area contributed by atoms with Crippen molar-refractivity contribution in [2.24, 2.45) is 0 Å². The minimum Gasteiger partial charge on any atom is -0.477 e. The molecule has 0 saturated carbocycles. The molecule has 47 heavy (non-hydrogen) atoms. The van der Waals surface area contributed by atoms with Gasteiger partial charge in [0.25, 0.3) is 0 Å². The molecule has 232 valence electrons. The number of ketones is 1. The van der Waals surface area contributed by atoms with E-state index in [9.17, 15) is 14.7 Å². The van der Waals surface area contributed by atoms with Gasteiger partial charge in [0.1, 0.15) is 11.6 Å². The van der Waals surface area contributed by atoms with Gasteiger partial charge in [0, 0.05) is 26.3 Å². The molecule has 5 heteroatoms. The number of carbonyl (C=O) groups excluding carboxylic acids is 1. The third kappa shape index (κ3) is 5.14. The van der Waals surface area contributed by atoms with Gasteiger partial charge in [-0.2, -0.15) is 5.26 Å². The van der Waals surface area contributed by atoms with E-state index < -0.39 is 5.97 Å². The standard InChI is InChI=1S/C42H35NO3S/c1-3-5-19-42(20-6-4-2)37-10-8-7-9-33(37)34-17-12-27(24-38(34)42)26-11-15-31-32-16-13-28(23-36(32)40(44)35(31)22-26)39-18-14-30(47-39)21-29(25-43)41(45)46/h7-18,21-24H,3-6,19-20H2,1-2H3,(H,45,46)/b29-21-. The maximum atomic E-state index is 13.9. The first-order chi connectivity index (χ1) is 22.9. The highest BCUT2D eigenvalue weighted by Gasteiger charge is 2.42. The second-order valence-electron chi connectivity index (χ2n) is 12.6. The predicted molar refractivity (Wildman–Crippen MR) is 191 cm³/mol. The Kier molecular flexibility index (Phi) is 7.99. The summed E-state index contributed by atoms with van der Waals surface area (Å²) >= 11 is 1.39. The minimum absolute atomic E-state index is 0.00832. The monoisotopic (exact) mass is 633 g/mol. The number of hydrogen-bond acceptors (Lipinski definition) is 4. The van der Waals surface area contributed by atoms with Crippen LogP contribution in [0.2, 0.25) is 0 Å². The SMILES string of the molecule is CCCCC1(CCCC)c2ccccc2-c2ccc(-c3ccc4c(c3)C(=O)c3cc(-c5ccc(/C=C(/C#N)C(=O)O)s5)ccc3-4)cc21. The van der Waals surface area contributed by atoms with Gasteiger partial charge in [-0.25, -0.2) is 4.79 Å².